The first kappa shape index (κ1) is 23.7. The van der Waals surface area contributed by atoms with Gasteiger partial charge in [0.15, 0.2) is 0 Å². The topological polar surface area (TPSA) is 75.4 Å². The first-order valence-corrected chi connectivity index (χ1v) is 9.68. The number of halogens is 1. The summed E-state index contributed by atoms with van der Waals surface area (Å²) >= 11 is 0. The van der Waals surface area contributed by atoms with Gasteiger partial charge in [0, 0.05) is 37.3 Å². The van der Waals surface area contributed by atoms with E-state index >= 15 is 0 Å². The van der Waals surface area contributed by atoms with Gasteiger partial charge in [-0.25, -0.2) is 10.1 Å². The fraction of sp³-hybridized carbons (Fsp3) is 0.550. The molecular weight excluding hydrogens is 367 g/mol. The number of furan rings is 1. The average Bonchev–Trinajstić information content (AvgIpc) is 3.09. The number of ether oxygens (including phenoxy) is 1. The Labute approximate surface area is 165 Å². The number of amides is 1. The molecule has 0 aliphatic carbocycles. The molecule has 2 heterocycles. The summed E-state index contributed by atoms with van der Waals surface area (Å²) in [6, 6.07) is 8.31. The molecule has 0 bridgehead atoms. The zero-order valence-corrected chi connectivity index (χ0v) is 17.1. The molecule has 0 unspecified atom stereocenters. The summed E-state index contributed by atoms with van der Waals surface area (Å²) in [7, 11) is 0. The maximum absolute atomic E-state index is 12.0. The van der Waals surface area contributed by atoms with Crippen LogP contribution in [-0.2, 0) is 9.83 Å². The van der Waals surface area contributed by atoms with Crippen molar-refractivity contribution < 1.29 is 28.8 Å². The van der Waals surface area contributed by atoms with Gasteiger partial charge in [-0.1, -0.05) is 27.2 Å². The summed E-state index contributed by atoms with van der Waals surface area (Å²) in [6.07, 6.45) is 1.78. The number of hydrogen-bond acceptors (Lipinski definition) is 6. The van der Waals surface area contributed by atoms with Crippen LogP contribution >= 0.6 is 0 Å². The Kier molecular flexibility index (Phi) is 11.0. The minimum Gasteiger partial charge on any atom is -0.461 e. The van der Waals surface area contributed by atoms with Crippen LogP contribution in [0.4, 0.5) is 15.0 Å². The third kappa shape index (κ3) is 7.01. The summed E-state index contributed by atoms with van der Waals surface area (Å²) in [4.78, 5) is 16.1. The molecule has 0 saturated carbocycles. The van der Waals surface area contributed by atoms with Crippen LogP contribution in [-0.4, -0.2) is 49.0 Å². The third-order valence-corrected chi connectivity index (χ3v) is 4.25. The second kappa shape index (κ2) is 13.0. The van der Waals surface area contributed by atoms with Gasteiger partial charge >= 0.3 is 6.09 Å². The summed E-state index contributed by atoms with van der Waals surface area (Å²) < 4.78 is 20.2. The normalized spacial score (nSPS) is 13.4. The number of carbonyl (C=O) groups excluding carboxylic acids is 1. The number of nitrogens with zero attached hydrogens (tertiary/aromatic N) is 2. The van der Waals surface area contributed by atoms with E-state index in [1.807, 2.05) is 26.8 Å². The van der Waals surface area contributed by atoms with Gasteiger partial charge in [0.25, 0.3) is 0 Å². The molecule has 0 spiro atoms. The number of hydrogen-bond donors (Lipinski definition) is 1. The zero-order chi connectivity index (χ0) is 20.9. The average molecular weight is 398 g/mol. The minimum absolute atomic E-state index is 0.181. The van der Waals surface area contributed by atoms with Crippen LogP contribution in [0.25, 0.3) is 11.0 Å². The highest BCUT2D eigenvalue weighted by atomic mass is 19.3. The van der Waals surface area contributed by atoms with Gasteiger partial charge in [0.2, 0.25) is 0 Å². The van der Waals surface area contributed by atoms with Crippen LogP contribution in [0, 0.1) is 6.92 Å². The molecule has 1 aromatic heterocycles. The van der Waals surface area contributed by atoms with Gasteiger partial charge in [0.05, 0.1) is 6.61 Å². The van der Waals surface area contributed by atoms with Crippen molar-refractivity contribution in [1.82, 2.24) is 4.90 Å². The quantitative estimate of drug-likeness (QED) is 0.434. The smallest absolute Gasteiger partial charge is 0.409 e. The van der Waals surface area contributed by atoms with Crippen LogP contribution in [0.1, 0.15) is 39.4 Å². The number of unbranched alkanes of at least 4 members (excludes halogenated alkanes) is 1. The summed E-state index contributed by atoms with van der Waals surface area (Å²) in [5, 5.41) is 9.28. The highest BCUT2D eigenvalue weighted by molar-refractivity contribution is 5.82. The van der Waals surface area contributed by atoms with Crippen molar-refractivity contribution >= 4 is 22.7 Å². The Hall–Kier alpha value is -2.32. The number of aryl methyl sites for hydroxylation is 1. The van der Waals surface area contributed by atoms with Gasteiger partial charge in [-0.3, -0.25) is 0 Å². The zero-order valence-electron chi connectivity index (χ0n) is 17.1. The number of benzene rings is 1. The van der Waals surface area contributed by atoms with Gasteiger partial charge in [-0.2, -0.15) is 0 Å². The van der Waals surface area contributed by atoms with Crippen molar-refractivity contribution in [1.29, 1.82) is 0 Å². The molecular formula is C20H31FN2O5. The van der Waals surface area contributed by atoms with E-state index in [0.717, 1.165) is 42.7 Å². The molecule has 2 aromatic rings. The maximum atomic E-state index is 12.0. The number of carbonyl (C=O) groups is 1. The molecule has 0 atom stereocenters. The van der Waals surface area contributed by atoms with Crippen molar-refractivity contribution in [3.05, 3.63) is 30.0 Å². The third-order valence-electron chi connectivity index (χ3n) is 4.25. The molecule has 8 heteroatoms. The Morgan fingerprint density at radius 1 is 1.21 bits per heavy atom. The van der Waals surface area contributed by atoms with Crippen LogP contribution in [0.5, 0.6) is 0 Å². The number of rotatable bonds is 4. The molecule has 1 saturated heterocycles. The van der Waals surface area contributed by atoms with Crippen molar-refractivity contribution in [3.8, 4) is 0 Å². The van der Waals surface area contributed by atoms with Crippen molar-refractivity contribution in [2.45, 2.75) is 40.5 Å². The predicted octanol–water partition coefficient (Wildman–Crippen LogP) is 5.19. The maximum Gasteiger partial charge on any atom is 0.409 e. The number of anilines is 1. The molecule has 1 N–H and O–H groups in total. The van der Waals surface area contributed by atoms with E-state index < -0.39 is 0 Å². The van der Waals surface area contributed by atoms with Crippen molar-refractivity contribution in [2.24, 2.45) is 0 Å². The van der Waals surface area contributed by atoms with Crippen LogP contribution < -0.4 is 4.90 Å². The lowest BCUT2D eigenvalue weighted by atomic mass is 10.2. The SMILES string of the molecule is CC.CCCCOC(=O)N1CCN(c2ccc3oc(C)cc3c2)CC1.OOF. The lowest BCUT2D eigenvalue weighted by molar-refractivity contribution is -0.397. The monoisotopic (exact) mass is 398 g/mol. The molecule has 28 heavy (non-hydrogen) atoms. The fourth-order valence-corrected chi connectivity index (χ4v) is 2.90. The molecule has 1 fully saturated rings. The van der Waals surface area contributed by atoms with E-state index in [9.17, 15) is 9.32 Å². The summed E-state index contributed by atoms with van der Waals surface area (Å²) in [5.74, 6) is 0.928. The van der Waals surface area contributed by atoms with Crippen LogP contribution in [0.2, 0.25) is 0 Å². The standard InChI is InChI=1S/C18H24N2O3.C2H6.FHO2/c1-3-4-11-22-18(21)20-9-7-19(8-10-20)16-5-6-17-15(13-16)12-14(2)23-17;1-2;1-3-2/h5-6,12-13H,3-4,7-11H2,1-2H3;1-2H3;2H. The molecule has 1 aliphatic heterocycles. The fourth-order valence-electron chi connectivity index (χ4n) is 2.90. The molecule has 1 aromatic carbocycles. The lowest BCUT2D eigenvalue weighted by Gasteiger charge is -2.35. The predicted molar refractivity (Wildman–Crippen MR) is 107 cm³/mol. The minimum atomic E-state index is -0.181. The van der Waals surface area contributed by atoms with E-state index in [0.29, 0.717) is 19.7 Å². The Morgan fingerprint density at radius 3 is 2.46 bits per heavy atom. The largest absolute Gasteiger partial charge is 0.461 e. The highest BCUT2D eigenvalue weighted by Gasteiger charge is 2.22. The molecule has 0 radical (unpaired) electrons. The van der Waals surface area contributed by atoms with Gasteiger partial charge in [-0.15, -0.1) is 0 Å². The molecule has 1 amide bonds. The highest BCUT2D eigenvalue weighted by Crippen LogP contribution is 2.25. The summed E-state index contributed by atoms with van der Waals surface area (Å²) in [6.45, 7) is 11.6. The van der Waals surface area contributed by atoms with E-state index in [2.05, 4.69) is 30.0 Å². The van der Waals surface area contributed by atoms with Crippen LogP contribution in [0.3, 0.4) is 0 Å². The Morgan fingerprint density at radius 2 is 1.86 bits per heavy atom. The van der Waals surface area contributed by atoms with Crippen molar-refractivity contribution in [3.63, 3.8) is 0 Å². The van der Waals surface area contributed by atoms with E-state index in [1.165, 1.54) is 5.69 Å². The second-order valence-corrected chi connectivity index (χ2v) is 6.09. The van der Waals surface area contributed by atoms with E-state index in [1.54, 1.807) is 9.99 Å². The van der Waals surface area contributed by atoms with Crippen LogP contribution in [0.15, 0.2) is 28.7 Å². The van der Waals surface area contributed by atoms with Gasteiger partial charge in [-0.05, 0) is 47.2 Å². The van der Waals surface area contributed by atoms with Crippen molar-refractivity contribution in [2.75, 3.05) is 37.7 Å². The van der Waals surface area contributed by atoms with E-state index in [-0.39, 0.29) is 6.09 Å². The van der Waals surface area contributed by atoms with Gasteiger partial charge in [0.1, 0.15) is 11.3 Å². The first-order valence-electron chi connectivity index (χ1n) is 9.68. The molecule has 3 rings (SSSR count). The first-order chi connectivity index (χ1) is 13.6. The van der Waals surface area contributed by atoms with Gasteiger partial charge < -0.3 is 19.0 Å². The molecule has 7 nitrogen and oxygen atoms in total. The number of fused-ring (bicyclic) bond motifs is 1. The molecule has 158 valence electrons. The Bertz CT molecular complexity index is 699. The number of piperazine rings is 1. The molecule has 1 aliphatic rings. The Balaban J connectivity index is 0.000000717. The summed E-state index contributed by atoms with van der Waals surface area (Å²) in [5.41, 5.74) is 2.10. The second-order valence-electron chi connectivity index (χ2n) is 6.09. The van der Waals surface area contributed by atoms with E-state index in [4.69, 9.17) is 14.4 Å². The lowest BCUT2D eigenvalue weighted by Crippen LogP contribution is -2.49.